The molecule has 0 spiro atoms. The van der Waals surface area contributed by atoms with E-state index in [0.717, 1.165) is 17.8 Å². The summed E-state index contributed by atoms with van der Waals surface area (Å²) in [6, 6.07) is 9.07. The van der Waals surface area contributed by atoms with E-state index < -0.39 is 0 Å². The van der Waals surface area contributed by atoms with Gasteiger partial charge in [-0.1, -0.05) is 13.0 Å². The number of nitrogen functional groups attached to an aromatic ring is 1. The van der Waals surface area contributed by atoms with E-state index >= 15 is 0 Å². The Hall–Kier alpha value is -2.30. The molecule has 0 aliphatic rings. The summed E-state index contributed by atoms with van der Waals surface area (Å²) in [5.41, 5.74) is 8.62. The molecule has 2 rings (SSSR count). The Morgan fingerprint density at radius 3 is 2.74 bits per heavy atom. The van der Waals surface area contributed by atoms with Crippen molar-refractivity contribution >= 4 is 17.3 Å². The van der Waals surface area contributed by atoms with Gasteiger partial charge in [0, 0.05) is 25.5 Å². The molecule has 100 valence electrons. The highest BCUT2D eigenvalue weighted by atomic mass is 16.2. The monoisotopic (exact) mass is 258 g/mol. The van der Waals surface area contributed by atoms with Gasteiger partial charge in [-0.3, -0.25) is 9.48 Å². The molecule has 0 radical (unpaired) electrons. The highest BCUT2D eigenvalue weighted by Gasteiger charge is 2.18. The molecule has 1 heterocycles. The quantitative estimate of drug-likeness (QED) is 0.854. The Kier molecular flexibility index (Phi) is 3.55. The molecular formula is C14H18N4O. The van der Waals surface area contributed by atoms with Crippen LogP contribution in [-0.4, -0.2) is 22.7 Å². The zero-order valence-electron chi connectivity index (χ0n) is 11.4. The molecule has 0 atom stereocenters. The van der Waals surface area contributed by atoms with Gasteiger partial charge in [0.1, 0.15) is 5.69 Å². The summed E-state index contributed by atoms with van der Waals surface area (Å²) >= 11 is 0. The van der Waals surface area contributed by atoms with Gasteiger partial charge in [-0.15, -0.1) is 0 Å². The molecule has 5 nitrogen and oxygen atoms in total. The van der Waals surface area contributed by atoms with Crippen molar-refractivity contribution in [3.05, 3.63) is 41.7 Å². The summed E-state index contributed by atoms with van der Waals surface area (Å²) < 4.78 is 1.62. The molecule has 2 aromatic rings. The van der Waals surface area contributed by atoms with Crippen molar-refractivity contribution in [1.29, 1.82) is 0 Å². The minimum absolute atomic E-state index is 0.0969. The topological polar surface area (TPSA) is 64.2 Å². The van der Waals surface area contributed by atoms with Crippen LogP contribution in [0.25, 0.3) is 0 Å². The van der Waals surface area contributed by atoms with Crippen molar-refractivity contribution in [2.24, 2.45) is 7.05 Å². The second kappa shape index (κ2) is 5.14. The third-order valence-corrected chi connectivity index (χ3v) is 3.07. The minimum Gasteiger partial charge on any atom is -0.399 e. The third-order valence-electron chi connectivity index (χ3n) is 3.07. The van der Waals surface area contributed by atoms with Crippen LogP contribution in [0, 0.1) is 0 Å². The fourth-order valence-electron chi connectivity index (χ4n) is 1.92. The van der Waals surface area contributed by atoms with Gasteiger partial charge < -0.3 is 10.6 Å². The molecule has 5 heteroatoms. The van der Waals surface area contributed by atoms with Gasteiger partial charge in [-0.2, -0.15) is 5.10 Å². The van der Waals surface area contributed by atoms with Gasteiger partial charge in [0.15, 0.2) is 0 Å². The van der Waals surface area contributed by atoms with Crippen LogP contribution in [0.1, 0.15) is 23.1 Å². The molecule has 0 unspecified atom stereocenters. The summed E-state index contributed by atoms with van der Waals surface area (Å²) in [6.07, 6.45) is 0.809. The van der Waals surface area contributed by atoms with Gasteiger partial charge in [-0.25, -0.2) is 0 Å². The standard InChI is InChI=1S/C14H18N4O/c1-4-11-9-13(18(3)16-11)14(19)17(2)12-7-5-6-10(15)8-12/h5-9H,4,15H2,1-3H3. The first-order valence-corrected chi connectivity index (χ1v) is 6.19. The van der Waals surface area contributed by atoms with Crippen molar-refractivity contribution < 1.29 is 4.79 Å². The number of nitrogens with zero attached hydrogens (tertiary/aromatic N) is 3. The molecule has 2 N–H and O–H groups in total. The van der Waals surface area contributed by atoms with Crippen molar-refractivity contribution in [3.8, 4) is 0 Å². The van der Waals surface area contributed by atoms with Crippen molar-refractivity contribution in [2.75, 3.05) is 17.7 Å². The lowest BCUT2D eigenvalue weighted by Gasteiger charge is -2.17. The van der Waals surface area contributed by atoms with Crippen LogP contribution in [0.5, 0.6) is 0 Å². The lowest BCUT2D eigenvalue weighted by atomic mass is 10.2. The van der Waals surface area contributed by atoms with Crippen LogP contribution < -0.4 is 10.6 Å². The van der Waals surface area contributed by atoms with Crippen LogP contribution in [0.4, 0.5) is 11.4 Å². The maximum Gasteiger partial charge on any atom is 0.276 e. The largest absolute Gasteiger partial charge is 0.399 e. The maximum absolute atomic E-state index is 12.4. The van der Waals surface area contributed by atoms with Crippen LogP contribution in [0.2, 0.25) is 0 Å². The normalized spacial score (nSPS) is 10.5. The predicted molar refractivity (Wildman–Crippen MR) is 76.2 cm³/mol. The Labute approximate surface area is 112 Å². The number of carbonyl (C=O) groups is 1. The minimum atomic E-state index is -0.0969. The van der Waals surface area contributed by atoms with Gasteiger partial charge in [0.25, 0.3) is 5.91 Å². The average molecular weight is 258 g/mol. The zero-order chi connectivity index (χ0) is 14.0. The van der Waals surface area contributed by atoms with E-state index in [1.54, 1.807) is 35.8 Å². The number of anilines is 2. The van der Waals surface area contributed by atoms with Crippen LogP contribution in [-0.2, 0) is 13.5 Å². The summed E-state index contributed by atoms with van der Waals surface area (Å²) in [5.74, 6) is -0.0969. The van der Waals surface area contributed by atoms with E-state index in [9.17, 15) is 4.79 Å². The summed E-state index contributed by atoms with van der Waals surface area (Å²) in [4.78, 5) is 14.0. The summed E-state index contributed by atoms with van der Waals surface area (Å²) in [5, 5.41) is 4.29. The number of amides is 1. The van der Waals surface area contributed by atoms with Gasteiger partial charge in [-0.05, 0) is 30.7 Å². The SMILES string of the molecule is CCc1cc(C(=O)N(C)c2cccc(N)c2)n(C)n1. The lowest BCUT2D eigenvalue weighted by molar-refractivity contribution is 0.0984. The molecule has 0 aliphatic carbocycles. The second-order valence-corrected chi connectivity index (χ2v) is 4.46. The first-order chi connectivity index (χ1) is 9.02. The molecule has 19 heavy (non-hydrogen) atoms. The molecule has 0 saturated carbocycles. The predicted octanol–water partition coefficient (Wildman–Crippen LogP) is 1.84. The van der Waals surface area contributed by atoms with E-state index in [2.05, 4.69) is 5.10 Å². The molecule has 1 aromatic heterocycles. The Balaban J connectivity index is 2.30. The number of nitrogens with two attached hydrogens (primary N) is 1. The number of aryl methyl sites for hydroxylation is 2. The highest BCUT2D eigenvalue weighted by molar-refractivity contribution is 6.04. The second-order valence-electron chi connectivity index (χ2n) is 4.46. The van der Waals surface area contributed by atoms with Crippen molar-refractivity contribution in [3.63, 3.8) is 0 Å². The Bertz CT molecular complexity index is 603. The fraction of sp³-hybridized carbons (Fsp3) is 0.286. The third kappa shape index (κ3) is 2.59. The Morgan fingerprint density at radius 2 is 2.16 bits per heavy atom. The molecule has 1 amide bonds. The number of aromatic nitrogens is 2. The van der Waals surface area contributed by atoms with E-state index in [1.165, 1.54) is 0 Å². The van der Waals surface area contributed by atoms with E-state index in [-0.39, 0.29) is 5.91 Å². The molecule has 0 bridgehead atoms. The first-order valence-electron chi connectivity index (χ1n) is 6.19. The maximum atomic E-state index is 12.4. The molecule has 0 aliphatic heterocycles. The van der Waals surface area contributed by atoms with E-state index in [0.29, 0.717) is 11.4 Å². The summed E-state index contributed by atoms with van der Waals surface area (Å²) in [6.45, 7) is 2.01. The van der Waals surface area contributed by atoms with Gasteiger partial charge in [0.2, 0.25) is 0 Å². The molecule has 1 aromatic carbocycles. The molecule has 0 fully saturated rings. The molecule has 0 saturated heterocycles. The smallest absolute Gasteiger partial charge is 0.276 e. The van der Waals surface area contributed by atoms with Gasteiger partial charge in [0.05, 0.1) is 5.69 Å². The number of hydrogen-bond acceptors (Lipinski definition) is 3. The Morgan fingerprint density at radius 1 is 1.42 bits per heavy atom. The average Bonchev–Trinajstić information content (AvgIpc) is 2.78. The van der Waals surface area contributed by atoms with Crippen LogP contribution in [0.3, 0.4) is 0 Å². The fourth-order valence-corrected chi connectivity index (χ4v) is 1.92. The highest BCUT2D eigenvalue weighted by Crippen LogP contribution is 2.18. The van der Waals surface area contributed by atoms with E-state index in [1.807, 2.05) is 25.1 Å². The first kappa shape index (κ1) is 13.1. The van der Waals surface area contributed by atoms with Crippen LogP contribution >= 0.6 is 0 Å². The molecular weight excluding hydrogens is 240 g/mol. The number of rotatable bonds is 3. The number of hydrogen-bond donors (Lipinski definition) is 1. The lowest BCUT2D eigenvalue weighted by Crippen LogP contribution is -2.28. The van der Waals surface area contributed by atoms with Gasteiger partial charge >= 0.3 is 0 Å². The number of benzene rings is 1. The summed E-state index contributed by atoms with van der Waals surface area (Å²) in [7, 11) is 3.51. The van der Waals surface area contributed by atoms with Crippen LogP contribution in [0.15, 0.2) is 30.3 Å². The van der Waals surface area contributed by atoms with Crippen molar-refractivity contribution in [2.45, 2.75) is 13.3 Å². The number of carbonyl (C=O) groups excluding carboxylic acids is 1. The van der Waals surface area contributed by atoms with Crippen molar-refractivity contribution in [1.82, 2.24) is 9.78 Å². The van der Waals surface area contributed by atoms with E-state index in [4.69, 9.17) is 5.73 Å². The zero-order valence-corrected chi connectivity index (χ0v) is 11.4.